The molecule has 0 amide bonds. The fourth-order valence-electron chi connectivity index (χ4n) is 4.03. The molecule has 0 N–H and O–H groups in total. The molecule has 0 bridgehead atoms. The number of rotatable bonds is 2. The molecule has 1 fully saturated rings. The minimum Gasteiger partial charge on any atom is -0.368 e. The van der Waals surface area contributed by atoms with E-state index >= 15 is 0 Å². The van der Waals surface area contributed by atoms with E-state index in [9.17, 15) is 13.2 Å². The van der Waals surface area contributed by atoms with Crippen molar-refractivity contribution in [2.75, 3.05) is 11.4 Å². The summed E-state index contributed by atoms with van der Waals surface area (Å²) in [7, 11) is 0. The number of anilines is 1. The van der Waals surface area contributed by atoms with Crippen LogP contribution in [0.2, 0.25) is 0 Å². The molecule has 2 aromatic rings. The van der Waals surface area contributed by atoms with Crippen molar-refractivity contribution in [1.82, 2.24) is 0 Å². The molecule has 2 aromatic carbocycles. The number of benzene rings is 2. The van der Waals surface area contributed by atoms with Crippen LogP contribution in [0.3, 0.4) is 0 Å². The number of halogens is 3. The highest BCUT2D eigenvalue weighted by molar-refractivity contribution is 5.60. The molecule has 23 heavy (non-hydrogen) atoms. The zero-order valence-corrected chi connectivity index (χ0v) is 12.7. The molecule has 0 spiro atoms. The number of para-hydroxylation sites is 1. The van der Waals surface area contributed by atoms with Gasteiger partial charge in [0, 0.05) is 18.3 Å². The lowest BCUT2D eigenvalue weighted by atomic mass is 9.94. The molecular weight excluding hydrogens is 299 g/mol. The Hall–Kier alpha value is -1.97. The van der Waals surface area contributed by atoms with Gasteiger partial charge in [0.1, 0.15) is 0 Å². The smallest absolute Gasteiger partial charge is 0.368 e. The molecule has 4 heteroatoms. The van der Waals surface area contributed by atoms with Crippen molar-refractivity contribution in [3.8, 4) is 0 Å². The Morgan fingerprint density at radius 1 is 1.00 bits per heavy atom. The van der Waals surface area contributed by atoms with Crippen LogP contribution in [0.25, 0.3) is 0 Å². The second kappa shape index (κ2) is 5.29. The molecule has 2 aliphatic heterocycles. The van der Waals surface area contributed by atoms with E-state index in [-0.39, 0.29) is 0 Å². The molecule has 120 valence electrons. The van der Waals surface area contributed by atoms with Crippen LogP contribution in [0.5, 0.6) is 0 Å². The molecule has 0 saturated carbocycles. The SMILES string of the molecule is FC(F)(F)c1ccc(C[C@H]2C[C@@H]3Cc4ccccc4N3C2)cc1. The van der Waals surface area contributed by atoms with E-state index < -0.39 is 11.7 Å². The number of fused-ring (bicyclic) bond motifs is 3. The van der Waals surface area contributed by atoms with Gasteiger partial charge in [0.05, 0.1) is 5.56 Å². The standard InChI is InChI=1S/C19H18F3N/c20-19(21,22)16-7-5-13(6-8-16)9-14-10-17-11-15-3-1-2-4-18(15)23(17)12-14/h1-8,14,17H,9-12H2/t14-,17+/m0/s1. The topological polar surface area (TPSA) is 3.24 Å². The van der Waals surface area contributed by atoms with Gasteiger partial charge in [-0.1, -0.05) is 30.3 Å². The Morgan fingerprint density at radius 2 is 1.74 bits per heavy atom. The van der Waals surface area contributed by atoms with Crippen molar-refractivity contribution in [1.29, 1.82) is 0 Å². The molecule has 1 saturated heterocycles. The summed E-state index contributed by atoms with van der Waals surface area (Å²) in [5.41, 5.74) is 3.19. The van der Waals surface area contributed by atoms with E-state index in [1.807, 2.05) is 0 Å². The summed E-state index contributed by atoms with van der Waals surface area (Å²) >= 11 is 0. The monoisotopic (exact) mass is 317 g/mol. The van der Waals surface area contributed by atoms with Gasteiger partial charge in [-0.3, -0.25) is 0 Å². The molecule has 4 rings (SSSR count). The molecule has 0 aliphatic carbocycles. The fraction of sp³-hybridized carbons (Fsp3) is 0.368. The third-order valence-corrected chi connectivity index (χ3v) is 5.06. The summed E-state index contributed by atoms with van der Waals surface area (Å²) in [5.74, 6) is 0.519. The van der Waals surface area contributed by atoms with Crippen LogP contribution in [0.1, 0.15) is 23.1 Å². The van der Waals surface area contributed by atoms with Crippen molar-refractivity contribution in [2.45, 2.75) is 31.5 Å². The Labute approximate surface area is 133 Å². The van der Waals surface area contributed by atoms with Crippen LogP contribution in [0.15, 0.2) is 48.5 Å². The maximum atomic E-state index is 12.6. The number of hydrogen-bond acceptors (Lipinski definition) is 1. The van der Waals surface area contributed by atoms with Gasteiger partial charge < -0.3 is 4.90 Å². The number of hydrogen-bond donors (Lipinski definition) is 0. The number of nitrogens with zero attached hydrogens (tertiary/aromatic N) is 1. The molecule has 2 aliphatic rings. The van der Waals surface area contributed by atoms with E-state index in [1.54, 1.807) is 12.1 Å². The number of alkyl halides is 3. The highest BCUT2D eigenvalue weighted by Gasteiger charge is 2.37. The maximum Gasteiger partial charge on any atom is 0.416 e. The predicted octanol–water partition coefficient (Wildman–Crippen LogP) is 4.70. The highest BCUT2D eigenvalue weighted by Crippen LogP contribution is 2.40. The molecular formula is C19H18F3N. The van der Waals surface area contributed by atoms with Gasteiger partial charge in [0.25, 0.3) is 0 Å². The Balaban J connectivity index is 1.44. The normalized spacial score (nSPS) is 23.0. The molecule has 1 nitrogen and oxygen atoms in total. The average Bonchev–Trinajstić information content (AvgIpc) is 3.04. The fourth-order valence-corrected chi connectivity index (χ4v) is 4.03. The summed E-state index contributed by atoms with van der Waals surface area (Å²) in [4.78, 5) is 2.48. The van der Waals surface area contributed by atoms with E-state index in [4.69, 9.17) is 0 Å². The minimum absolute atomic E-state index is 0.519. The van der Waals surface area contributed by atoms with Crippen molar-refractivity contribution < 1.29 is 13.2 Å². The van der Waals surface area contributed by atoms with E-state index in [1.165, 1.54) is 23.4 Å². The first kappa shape index (κ1) is 14.6. The van der Waals surface area contributed by atoms with Gasteiger partial charge >= 0.3 is 6.18 Å². The van der Waals surface area contributed by atoms with Crippen LogP contribution < -0.4 is 4.90 Å². The Kier molecular flexibility index (Phi) is 3.36. The zero-order chi connectivity index (χ0) is 16.0. The first-order chi connectivity index (χ1) is 11.0. The summed E-state index contributed by atoms with van der Waals surface area (Å²) in [6.45, 7) is 1.00. The van der Waals surface area contributed by atoms with Crippen molar-refractivity contribution in [3.05, 3.63) is 65.2 Å². The summed E-state index contributed by atoms with van der Waals surface area (Å²) in [6.07, 6.45) is -1.18. The molecule has 2 atom stereocenters. The lowest BCUT2D eigenvalue weighted by molar-refractivity contribution is -0.137. The second-order valence-electron chi connectivity index (χ2n) is 6.64. The van der Waals surface area contributed by atoms with Crippen LogP contribution >= 0.6 is 0 Å². The van der Waals surface area contributed by atoms with Gasteiger partial charge in [-0.25, -0.2) is 0 Å². The summed E-state index contributed by atoms with van der Waals surface area (Å²) in [6, 6.07) is 14.7. The van der Waals surface area contributed by atoms with Crippen molar-refractivity contribution in [3.63, 3.8) is 0 Å². The van der Waals surface area contributed by atoms with E-state index in [2.05, 4.69) is 29.2 Å². The molecule has 2 heterocycles. The lowest BCUT2D eigenvalue weighted by Gasteiger charge is -2.19. The molecule has 0 aromatic heterocycles. The Bertz CT molecular complexity index is 705. The highest BCUT2D eigenvalue weighted by atomic mass is 19.4. The van der Waals surface area contributed by atoms with Gasteiger partial charge in [0.2, 0.25) is 0 Å². The predicted molar refractivity (Wildman–Crippen MR) is 84.5 cm³/mol. The summed E-state index contributed by atoms with van der Waals surface area (Å²) < 4.78 is 37.8. The first-order valence-electron chi connectivity index (χ1n) is 8.01. The average molecular weight is 317 g/mol. The van der Waals surface area contributed by atoms with Gasteiger partial charge in [-0.15, -0.1) is 0 Å². The Morgan fingerprint density at radius 3 is 2.48 bits per heavy atom. The van der Waals surface area contributed by atoms with E-state index in [0.717, 1.165) is 31.4 Å². The third-order valence-electron chi connectivity index (χ3n) is 5.06. The summed E-state index contributed by atoms with van der Waals surface area (Å²) in [5, 5.41) is 0. The van der Waals surface area contributed by atoms with Crippen molar-refractivity contribution >= 4 is 5.69 Å². The maximum absolute atomic E-state index is 12.6. The second-order valence-corrected chi connectivity index (χ2v) is 6.64. The van der Waals surface area contributed by atoms with Crippen LogP contribution in [0, 0.1) is 5.92 Å². The zero-order valence-electron chi connectivity index (χ0n) is 12.7. The largest absolute Gasteiger partial charge is 0.416 e. The van der Waals surface area contributed by atoms with Crippen LogP contribution in [-0.2, 0) is 19.0 Å². The molecule has 0 radical (unpaired) electrons. The van der Waals surface area contributed by atoms with E-state index in [0.29, 0.717) is 12.0 Å². The van der Waals surface area contributed by atoms with Crippen LogP contribution in [0.4, 0.5) is 18.9 Å². The van der Waals surface area contributed by atoms with Crippen LogP contribution in [-0.4, -0.2) is 12.6 Å². The van der Waals surface area contributed by atoms with Crippen molar-refractivity contribution in [2.24, 2.45) is 5.92 Å². The van der Waals surface area contributed by atoms with Gasteiger partial charge in [-0.05, 0) is 54.5 Å². The quantitative estimate of drug-likeness (QED) is 0.776. The minimum atomic E-state index is -4.25. The third kappa shape index (κ3) is 2.71. The first-order valence-corrected chi connectivity index (χ1v) is 8.01. The molecule has 0 unspecified atom stereocenters. The lowest BCUT2D eigenvalue weighted by Crippen LogP contribution is -2.24. The van der Waals surface area contributed by atoms with Gasteiger partial charge in [-0.2, -0.15) is 13.2 Å². The van der Waals surface area contributed by atoms with Gasteiger partial charge in [0.15, 0.2) is 0 Å².